The summed E-state index contributed by atoms with van der Waals surface area (Å²) in [6.45, 7) is 0. The molecule has 8 heteroatoms. The minimum absolute atomic E-state index is 0.0819. The molecule has 0 unspecified atom stereocenters. The Morgan fingerprint density at radius 3 is 2.24 bits per heavy atom. The zero-order valence-corrected chi connectivity index (χ0v) is 11.9. The number of rotatable bonds is 2. The molecule has 2 amide bonds. The van der Waals surface area contributed by atoms with Gasteiger partial charge in [0.15, 0.2) is 17.2 Å². The zero-order chi connectivity index (χ0) is 15.6. The van der Waals surface area contributed by atoms with Gasteiger partial charge < -0.3 is 26.0 Å². The van der Waals surface area contributed by atoms with Crippen LogP contribution in [0, 0.1) is 0 Å². The van der Waals surface area contributed by atoms with Crippen molar-refractivity contribution < 1.29 is 20.1 Å². The lowest BCUT2D eigenvalue weighted by atomic mass is 10.2. The lowest BCUT2D eigenvalue weighted by molar-refractivity contribution is 0.262. The summed E-state index contributed by atoms with van der Waals surface area (Å²) in [6.07, 6.45) is 0. The standard InChI is InChI=1S/C13H10Cl2N2O4/c14-7-2-1-3-8(11(7)15)17-13(21)16-6-4-9(18)12(20)10(19)5-6/h1-5,18-20H,(H2,16,17,21). The molecule has 0 heterocycles. The second kappa shape index (κ2) is 5.99. The third-order valence-corrected chi connectivity index (χ3v) is 3.35. The maximum Gasteiger partial charge on any atom is 0.323 e. The van der Waals surface area contributed by atoms with Crippen molar-refractivity contribution in [1.29, 1.82) is 0 Å². The smallest absolute Gasteiger partial charge is 0.323 e. The van der Waals surface area contributed by atoms with Crippen molar-refractivity contribution in [3.05, 3.63) is 40.4 Å². The largest absolute Gasteiger partial charge is 0.504 e. The lowest BCUT2D eigenvalue weighted by Crippen LogP contribution is -2.19. The summed E-state index contributed by atoms with van der Waals surface area (Å²) in [4.78, 5) is 11.8. The fraction of sp³-hybridized carbons (Fsp3) is 0. The fourth-order valence-corrected chi connectivity index (χ4v) is 1.91. The summed E-state index contributed by atoms with van der Waals surface area (Å²) in [5.41, 5.74) is 0.382. The molecule has 0 radical (unpaired) electrons. The molecule has 6 nitrogen and oxygen atoms in total. The summed E-state index contributed by atoms with van der Waals surface area (Å²) in [5, 5.41) is 33.2. The first-order valence-corrected chi connectivity index (χ1v) is 6.41. The molecule has 0 aliphatic carbocycles. The molecule has 0 fully saturated rings. The summed E-state index contributed by atoms with van der Waals surface area (Å²) in [6, 6.07) is 6.23. The highest BCUT2D eigenvalue weighted by atomic mass is 35.5. The SMILES string of the molecule is O=C(Nc1cc(O)c(O)c(O)c1)Nc1cccc(Cl)c1Cl. The van der Waals surface area contributed by atoms with Gasteiger partial charge in [-0.3, -0.25) is 0 Å². The van der Waals surface area contributed by atoms with E-state index in [0.29, 0.717) is 5.69 Å². The molecule has 2 aromatic rings. The van der Waals surface area contributed by atoms with E-state index in [1.165, 1.54) is 0 Å². The van der Waals surface area contributed by atoms with Gasteiger partial charge in [0.2, 0.25) is 0 Å². The average molecular weight is 329 g/mol. The van der Waals surface area contributed by atoms with E-state index in [1.54, 1.807) is 18.2 Å². The number of anilines is 2. The van der Waals surface area contributed by atoms with E-state index in [9.17, 15) is 20.1 Å². The van der Waals surface area contributed by atoms with Crippen molar-refractivity contribution in [2.24, 2.45) is 0 Å². The Balaban J connectivity index is 2.14. The van der Waals surface area contributed by atoms with Crippen LogP contribution in [0.1, 0.15) is 0 Å². The average Bonchev–Trinajstić information content (AvgIpc) is 2.41. The number of benzene rings is 2. The molecule has 0 aliphatic rings. The summed E-state index contributed by atoms with van der Waals surface area (Å²) < 4.78 is 0. The second-order valence-corrected chi connectivity index (χ2v) is 4.83. The van der Waals surface area contributed by atoms with Crippen molar-refractivity contribution in [1.82, 2.24) is 0 Å². The molecule has 0 aromatic heterocycles. The molecule has 2 aromatic carbocycles. The predicted molar refractivity (Wildman–Crippen MR) is 80.5 cm³/mol. The van der Waals surface area contributed by atoms with E-state index in [0.717, 1.165) is 12.1 Å². The van der Waals surface area contributed by atoms with Crippen LogP contribution in [-0.2, 0) is 0 Å². The van der Waals surface area contributed by atoms with Crippen LogP contribution in [0.5, 0.6) is 17.2 Å². The zero-order valence-electron chi connectivity index (χ0n) is 10.4. The number of carbonyl (C=O) groups is 1. The normalized spacial score (nSPS) is 10.2. The third-order valence-electron chi connectivity index (χ3n) is 2.53. The van der Waals surface area contributed by atoms with E-state index in [1.807, 2.05) is 0 Å². The first-order chi connectivity index (χ1) is 9.88. The predicted octanol–water partition coefficient (Wildman–Crippen LogP) is 3.75. The maximum atomic E-state index is 11.8. The van der Waals surface area contributed by atoms with Crippen LogP contribution in [0.15, 0.2) is 30.3 Å². The Morgan fingerprint density at radius 1 is 1.00 bits per heavy atom. The van der Waals surface area contributed by atoms with Gasteiger partial charge in [-0.05, 0) is 12.1 Å². The second-order valence-electron chi connectivity index (χ2n) is 4.04. The highest BCUT2D eigenvalue weighted by Crippen LogP contribution is 2.37. The Kier molecular flexibility index (Phi) is 4.30. The van der Waals surface area contributed by atoms with E-state index < -0.39 is 23.3 Å². The van der Waals surface area contributed by atoms with Crippen LogP contribution < -0.4 is 10.6 Å². The van der Waals surface area contributed by atoms with Gasteiger partial charge in [0.05, 0.1) is 21.4 Å². The van der Waals surface area contributed by atoms with Crippen molar-refractivity contribution in [3.8, 4) is 17.2 Å². The molecule has 0 atom stereocenters. The maximum absolute atomic E-state index is 11.8. The molecule has 0 bridgehead atoms. The van der Waals surface area contributed by atoms with Crippen LogP contribution >= 0.6 is 23.2 Å². The monoisotopic (exact) mass is 328 g/mol. The number of urea groups is 1. The van der Waals surface area contributed by atoms with Crippen molar-refractivity contribution >= 4 is 40.6 Å². The Labute approximate surface area is 129 Å². The third kappa shape index (κ3) is 3.42. The van der Waals surface area contributed by atoms with Crippen molar-refractivity contribution in [3.63, 3.8) is 0 Å². The van der Waals surface area contributed by atoms with Crippen LogP contribution in [0.2, 0.25) is 10.0 Å². The number of carbonyl (C=O) groups excluding carboxylic acids is 1. The minimum atomic E-state index is -0.668. The molecule has 0 saturated heterocycles. The minimum Gasteiger partial charge on any atom is -0.504 e. The van der Waals surface area contributed by atoms with Gasteiger partial charge in [0.1, 0.15) is 0 Å². The molecule has 0 aliphatic heterocycles. The van der Waals surface area contributed by atoms with Gasteiger partial charge in [-0.2, -0.15) is 0 Å². The Morgan fingerprint density at radius 2 is 1.62 bits per heavy atom. The van der Waals surface area contributed by atoms with E-state index in [2.05, 4.69) is 10.6 Å². The molecular weight excluding hydrogens is 319 g/mol. The molecule has 0 spiro atoms. The number of halogens is 2. The van der Waals surface area contributed by atoms with E-state index in [4.69, 9.17) is 23.2 Å². The summed E-state index contributed by atoms with van der Waals surface area (Å²) in [5.74, 6) is -1.80. The molecule has 2 rings (SSSR count). The van der Waals surface area contributed by atoms with Crippen LogP contribution in [-0.4, -0.2) is 21.4 Å². The van der Waals surface area contributed by atoms with Gasteiger partial charge in [-0.15, -0.1) is 0 Å². The Bertz CT molecular complexity index is 684. The molecule has 5 N–H and O–H groups in total. The first-order valence-electron chi connectivity index (χ1n) is 5.65. The fourth-order valence-electron chi connectivity index (χ4n) is 1.56. The number of hydrogen-bond acceptors (Lipinski definition) is 4. The topological polar surface area (TPSA) is 102 Å². The van der Waals surface area contributed by atoms with Gasteiger partial charge in [-0.1, -0.05) is 29.3 Å². The van der Waals surface area contributed by atoms with Crippen molar-refractivity contribution in [2.75, 3.05) is 10.6 Å². The number of nitrogens with one attached hydrogen (secondary N) is 2. The highest BCUT2D eigenvalue weighted by Gasteiger charge is 2.12. The molecule has 110 valence electrons. The van der Waals surface area contributed by atoms with E-state index >= 15 is 0 Å². The van der Waals surface area contributed by atoms with E-state index in [-0.39, 0.29) is 15.7 Å². The van der Waals surface area contributed by atoms with Gasteiger partial charge in [0, 0.05) is 12.1 Å². The number of amides is 2. The van der Waals surface area contributed by atoms with Gasteiger partial charge >= 0.3 is 6.03 Å². The van der Waals surface area contributed by atoms with Crippen molar-refractivity contribution in [2.45, 2.75) is 0 Å². The number of aromatic hydroxyl groups is 3. The Hall–Kier alpha value is -2.31. The van der Waals surface area contributed by atoms with Gasteiger partial charge in [0.25, 0.3) is 0 Å². The molecule has 21 heavy (non-hydrogen) atoms. The lowest BCUT2D eigenvalue weighted by Gasteiger charge is -2.11. The van der Waals surface area contributed by atoms with Crippen LogP contribution in [0.25, 0.3) is 0 Å². The number of hydrogen-bond donors (Lipinski definition) is 5. The van der Waals surface area contributed by atoms with Crippen LogP contribution in [0.3, 0.4) is 0 Å². The highest BCUT2D eigenvalue weighted by molar-refractivity contribution is 6.44. The first kappa shape index (κ1) is 15.1. The van der Waals surface area contributed by atoms with Crippen LogP contribution in [0.4, 0.5) is 16.2 Å². The van der Waals surface area contributed by atoms with Gasteiger partial charge in [-0.25, -0.2) is 4.79 Å². The summed E-state index contributed by atoms with van der Waals surface area (Å²) >= 11 is 11.7. The molecular formula is C13H10Cl2N2O4. The number of phenolic OH excluding ortho intramolecular Hbond substituents is 3. The molecule has 0 saturated carbocycles. The number of phenols is 3. The summed E-state index contributed by atoms with van der Waals surface area (Å²) in [7, 11) is 0. The quantitative estimate of drug-likeness (QED) is 0.428.